The molecule has 1 amide bonds. The lowest BCUT2D eigenvalue weighted by Crippen LogP contribution is -2.20. The molecule has 24 heavy (non-hydrogen) atoms. The number of amides is 1. The second kappa shape index (κ2) is 6.27. The topological polar surface area (TPSA) is 77.6 Å². The smallest absolute Gasteiger partial charge is 0.247 e. The third-order valence-electron chi connectivity index (χ3n) is 3.52. The predicted molar refractivity (Wildman–Crippen MR) is 90.9 cm³/mol. The number of nitrogens with one attached hydrogen (secondary N) is 1. The van der Waals surface area contributed by atoms with E-state index in [0.29, 0.717) is 5.82 Å². The molecule has 2 heterocycles. The van der Waals surface area contributed by atoms with Crippen LogP contribution in [0.2, 0.25) is 0 Å². The van der Waals surface area contributed by atoms with Gasteiger partial charge in [0.25, 0.3) is 0 Å². The van der Waals surface area contributed by atoms with Crippen LogP contribution in [0.25, 0.3) is 5.69 Å². The Morgan fingerprint density at radius 1 is 1.21 bits per heavy atom. The maximum Gasteiger partial charge on any atom is 0.247 e. The maximum atomic E-state index is 12.3. The van der Waals surface area contributed by atoms with Crippen molar-refractivity contribution >= 4 is 11.7 Å². The summed E-state index contributed by atoms with van der Waals surface area (Å²) < 4.78 is 3.23. The van der Waals surface area contributed by atoms with Crippen LogP contribution in [0.3, 0.4) is 0 Å². The van der Waals surface area contributed by atoms with Crippen LogP contribution in [0.15, 0.2) is 49.1 Å². The van der Waals surface area contributed by atoms with E-state index in [1.165, 1.54) is 17.3 Å². The van der Waals surface area contributed by atoms with Crippen molar-refractivity contribution in [3.63, 3.8) is 0 Å². The van der Waals surface area contributed by atoms with Crippen molar-refractivity contribution in [3.05, 3.63) is 54.7 Å². The lowest BCUT2D eigenvalue weighted by molar-refractivity contribution is -0.116. The maximum absolute atomic E-state index is 12.3. The Hall–Kier alpha value is -2.96. The molecule has 0 spiro atoms. The van der Waals surface area contributed by atoms with Gasteiger partial charge in [-0.25, -0.2) is 14.3 Å². The monoisotopic (exact) mass is 324 g/mol. The van der Waals surface area contributed by atoms with E-state index < -0.39 is 0 Å². The zero-order valence-corrected chi connectivity index (χ0v) is 14.0. The van der Waals surface area contributed by atoms with Crippen molar-refractivity contribution in [1.82, 2.24) is 24.5 Å². The second-order valence-corrected chi connectivity index (χ2v) is 6.55. The lowest BCUT2D eigenvalue weighted by atomic mass is 9.92. The van der Waals surface area contributed by atoms with Gasteiger partial charge < -0.3 is 5.32 Å². The van der Waals surface area contributed by atoms with E-state index in [1.807, 2.05) is 36.4 Å². The molecule has 7 nitrogen and oxygen atoms in total. The molecule has 0 aliphatic heterocycles. The van der Waals surface area contributed by atoms with Crippen molar-refractivity contribution < 1.29 is 4.79 Å². The summed E-state index contributed by atoms with van der Waals surface area (Å²) in [5.74, 6) is 0.453. The van der Waals surface area contributed by atoms with Gasteiger partial charge in [0.05, 0.1) is 11.4 Å². The molecule has 3 rings (SSSR count). The van der Waals surface area contributed by atoms with Gasteiger partial charge in [-0.2, -0.15) is 10.2 Å². The Kier molecular flexibility index (Phi) is 4.16. The van der Waals surface area contributed by atoms with Gasteiger partial charge in [0.1, 0.15) is 25.0 Å². The van der Waals surface area contributed by atoms with Gasteiger partial charge >= 0.3 is 0 Å². The Morgan fingerprint density at radius 2 is 1.96 bits per heavy atom. The molecule has 1 N–H and O–H groups in total. The van der Waals surface area contributed by atoms with Crippen molar-refractivity contribution in [3.8, 4) is 5.69 Å². The number of aromatic nitrogens is 5. The SMILES string of the molecule is CC(C)(C)c1cc(NC(=O)Cn2cncn2)n(-c2ccccc2)n1. The molecule has 0 saturated heterocycles. The minimum absolute atomic E-state index is 0.102. The van der Waals surface area contributed by atoms with E-state index >= 15 is 0 Å². The van der Waals surface area contributed by atoms with E-state index in [1.54, 1.807) is 4.68 Å². The van der Waals surface area contributed by atoms with E-state index in [-0.39, 0.29) is 17.9 Å². The Bertz CT molecular complexity index is 815. The van der Waals surface area contributed by atoms with E-state index in [4.69, 9.17) is 0 Å². The highest BCUT2D eigenvalue weighted by Gasteiger charge is 2.21. The number of hydrogen-bond donors (Lipinski definition) is 1. The van der Waals surface area contributed by atoms with E-state index in [0.717, 1.165) is 11.4 Å². The van der Waals surface area contributed by atoms with E-state index in [2.05, 4.69) is 41.3 Å². The molecule has 3 aromatic rings. The van der Waals surface area contributed by atoms with Crippen molar-refractivity contribution in [2.24, 2.45) is 0 Å². The zero-order chi connectivity index (χ0) is 17.2. The van der Waals surface area contributed by atoms with Crippen LogP contribution in [-0.2, 0) is 16.8 Å². The first-order valence-electron chi connectivity index (χ1n) is 7.72. The van der Waals surface area contributed by atoms with E-state index in [9.17, 15) is 4.79 Å². The predicted octanol–water partition coefficient (Wildman–Crippen LogP) is 2.40. The van der Waals surface area contributed by atoms with Crippen LogP contribution in [0.4, 0.5) is 5.82 Å². The molecule has 0 fully saturated rings. The molecule has 0 unspecified atom stereocenters. The van der Waals surface area contributed by atoms with Gasteiger partial charge in [0.2, 0.25) is 5.91 Å². The van der Waals surface area contributed by atoms with Crippen molar-refractivity contribution in [2.45, 2.75) is 32.7 Å². The molecule has 0 saturated carbocycles. The van der Waals surface area contributed by atoms with Gasteiger partial charge in [-0.1, -0.05) is 39.0 Å². The summed E-state index contributed by atoms with van der Waals surface area (Å²) in [6, 6.07) is 11.6. The highest BCUT2D eigenvalue weighted by Crippen LogP contribution is 2.26. The summed E-state index contributed by atoms with van der Waals surface area (Å²) in [4.78, 5) is 16.1. The molecular formula is C17H20N6O. The fourth-order valence-corrected chi connectivity index (χ4v) is 2.25. The number of carbonyl (C=O) groups is 1. The normalized spacial score (nSPS) is 11.5. The Morgan fingerprint density at radius 3 is 2.58 bits per heavy atom. The molecule has 0 aliphatic carbocycles. The van der Waals surface area contributed by atoms with Gasteiger partial charge in [-0.3, -0.25) is 4.79 Å². The second-order valence-electron chi connectivity index (χ2n) is 6.55. The highest BCUT2D eigenvalue weighted by molar-refractivity contribution is 5.90. The molecule has 0 aliphatic rings. The molecule has 2 aromatic heterocycles. The molecular weight excluding hydrogens is 304 g/mol. The minimum atomic E-state index is -0.182. The highest BCUT2D eigenvalue weighted by atomic mass is 16.2. The molecule has 0 radical (unpaired) electrons. The molecule has 0 atom stereocenters. The number of para-hydroxylation sites is 1. The van der Waals surface area contributed by atoms with Gasteiger partial charge in [-0.05, 0) is 12.1 Å². The Labute approximate surface area is 140 Å². The standard InChI is InChI=1S/C17H20N6O/c1-17(2,3)14-9-15(20-16(24)10-22-12-18-11-19-22)23(21-14)13-7-5-4-6-8-13/h4-9,11-12H,10H2,1-3H3,(H,20,24). The van der Waals surface area contributed by atoms with Gasteiger partial charge in [-0.15, -0.1) is 0 Å². The largest absolute Gasteiger partial charge is 0.309 e. The Balaban J connectivity index is 1.90. The van der Waals surface area contributed by atoms with Crippen molar-refractivity contribution in [1.29, 1.82) is 0 Å². The third kappa shape index (κ3) is 3.51. The van der Waals surface area contributed by atoms with Crippen LogP contribution in [0, 0.1) is 0 Å². The summed E-state index contributed by atoms with van der Waals surface area (Å²) in [5, 5.41) is 11.5. The van der Waals surface area contributed by atoms with Gasteiger partial charge in [0, 0.05) is 11.5 Å². The average molecular weight is 324 g/mol. The van der Waals surface area contributed by atoms with Crippen LogP contribution in [-0.4, -0.2) is 30.5 Å². The number of carbonyl (C=O) groups excluding carboxylic acids is 1. The summed E-state index contributed by atoms with van der Waals surface area (Å²) in [6.07, 6.45) is 2.91. The van der Waals surface area contributed by atoms with Gasteiger partial charge in [0.15, 0.2) is 0 Å². The van der Waals surface area contributed by atoms with Crippen LogP contribution in [0.1, 0.15) is 26.5 Å². The molecule has 124 valence electrons. The average Bonchev–Trinajstić information content (AvgIpc) is 3.17. The summed E-state index contributed by atoms with van der Waals surface area (Å²) in [5.41, 5.74) is 1.68. The summed E-state index contributed by atoms with van der Waals surface area (Å²) >= 11 is 0. The fourth-order valence-electron chi connectivity index (χ4n) is 2.25. The first-order chi connectivity index (χ1) is 11.4. The van der Waals surface area contributed by atoms with Crippen LogP contribution < -0.4 is 5.32 Å². The molecule has 1 aromatic carbocycles. The number of anilines is 1. The third-order valence-corrected chi connectivity index (χ3v) is 3.52. The van der Waals surface area contributed by atoms with Crippen molar-refractivity contribution in [2.75, 3.05) is 5.32 Å². The minimum Gasteiger partial charge on any atom is -0.309 e. The zero-order valence-electron chi connectivity index (χ0n) is 14.0. The quantitative estimate of drug-likeness (QED) is 0.799. The fraction of sp³-hybridized carbons (Fsp3) is 0.294. The molecule has 7 heteroatoms. The number of hydrogen-bond acceptors (Lipinski definition) is 4. The van der Waals surface area contributed by atoms with Crippen LogP contribution >= 0.6 is 0 Å². The first kappa shape index (κ1) is 15.9. The summed E-state index contributed by atoms with van der Waals surface area (Å²) in [7, 11) is 0. The number of benzene rings is 1. The van der Waals surface area contributed by atoms with Crippen LogP contribution in [0.5, 0.6) is 0 Å². The lowest BCUT2D eigenvalue weighted by Gasteiger charge is -2.14. The molecule has 0 bridgehead atoms. The first-order valence-corrected chi connectivity index (χ1v) is 7.72. The number of nitrogens with zero attached hydrogens (tertiary/aromatic N) is 5. The number of rotatable bonds is 4. The summed E-state index contributed by atoms with van der Waals surface area (Å²) in [6.45, 7) is 6.37.